The van der Waals surface area contributed by atoms with E-state index >= 15 is 0 Å². The molecule has 2 heterocycles. The van der Waals surface area contributed by atoms with E-state index < -0.39 is 10.0 Å². The van der Waals surface area contributed by atoms with Crippen LogP contribution in [-0.4, -0.2) is 18.6 Å². The first-order valence-electron chi connectivity index (χ1n) is 8.54. The number of aromatic nitrogens is 2. The highest BCUT2D eigenvalue weighted by molar-refractivity contribution is 7.92. The summed E-state index contributed by atoms with van der Waals surface area (Å²) in [7, 11) is -3.63. The second-order valence-electron chi connectivity index (χ2n) is 6.26. The van der Waals surface area contributed by atoms with Crippen LogP contribution in [0, 0.1) is 6.92 Å². The van der Waals surface area contributed by atoms with Crippen molar-refractivity contribution in [1.29, 1.82) is 0 Å². The Hall–Kier alpha value is -2.97. The lowest BCUT2D eigenvalue weighted by molar-refractivity contribution is 0.386. The van der Waals surface area contributed by atoms with Crippen molar-refractivity contribution in [3.63, 3.8) is 0 Å². The van der Waals surface area contributed by atoms with Gasteiger partial charge in [-0.15, -0.1) is 11.3 Å². The molecular formula is C20H17N3O3S2. The minimum atomic E-state index is -3.63. The summed E-state index contributed by atoms with van der Waals surface area (Å²) in [6.45, 7) is 1.91. The minimum Gasteiger partial charge on any atom is -0.339 e. The predicted molar refractivity (Wildman–Crippen MR) is 109 cm³/mol. The number of sulfonamides is 1. The van der Waals surface area contributed by atoms with Crippen LogP contribution < -0.4 is 4.72 Å². The molecule has 2 aromatic carbocycles. The highest BCUT2D eigenvalue weighted by atomic mass is 32.2. The van der Waals surface area contributed by atoms with Crippen molar-refractivity contribution in [3.05, 3.63) is 82.4 Å². The SMILES string of the molecule is Cc1ccc(S(=O)(=O)Nc2ccc(-c3noc(Cc4cccs4)n3)cc2)cc1. The number of benzene rings is 2. The van der Waals surface area contributed by atoms with Gasteiger partial charge in [0.2, 0.25) is 11.7 Å². The van der Waals surface area contributed by atoms with E-state index in [0.717, 1.165) is 16.0 Å². The van der Waals surface area contributed by atoms with Gasteiger partial charge in [-0.3, -0.25) is 4.72 Å². The van der Waals surface area contributed by atoms with Crippen molar-refractivity contribution in [1.82, 2.24) is 10.1 Å². The van der Waals surface area contributed by atoms with E-state index in [4.69, 9.17) is 4.52 Å². The van der Waals surface area contributed by atoms with Gasteiger partial charge in [0.15, 0.2) is 0 Å². The molecular weight excluding hydrogens is 394 g/mol. The van der Waals surface area contributed by atoms with E-state index in [1.165, 1.54) is 0 Å². The zero-order valence-corrected chi connectivity index (χ0v) is 16.6. The van der Waals surface area contributed by atoms with Crippen LogP contribution in [-0.2, 0) is 16.4 Å². The maximum atomic E-state index is 12.5. The number of hydrogen-bond acceptors (Lipinski definition) is 6. The number of nitrogens with zero attached hydrogens (tertiary/aromatic N) is 2. The molecule has 0 radical (unpaired) electrons. The number of anilines is 1. The Labute approximate surface area is 166 Å². The second kappa shape index (κ2) is 7.57. The van der Waals surface area contributed by atoms with Gasteiger partial charge in [-0.2, -0.15) is 4.98 Å². The molecule has 0 unspecified atom stereocenters. The Morgan fingerprint density at radius 3 is 2.46 bits per heavy atom. The summed E-state index contributed by atoms with van der Waals surface area (Å²) >= 11 is 1.64. The lowest BCUT2D eigenvalue weighted by atomic mass is 10.2. The van der Waals surface area contributed by atoms with Gasteiger partial charge in [-0.25, -0.2) is 8.42 Å². The van der Waals surface area contributed by atoms with Gasteiger partial charge in [0.05, 0.1) is 11.3 Å². The van der Waals surface area contributed by atoms with E-state index in [1.807, 2.05) is 24.4 Å². The highest BCUT2D eigenvalue weighted by Crippen LogP contribution is 2.22. The molecule has 0 aliphatic carbocycles. The van der Waals surface area contributed by atoms with Crippen LogP contribution in [0.3, 0.4) is 0 Å². The van der Waals surface area contributed by atoms with Gasteiger partial charge in [-0.1, -0.05) is 28.9 Å². The third-order valence-corrected chi connectivity index (χ3v) is 6.37. The van der Waals surface area contributed by atoms with Crippen molar-refractivity contribution in [2.75, 3.05) is 4.72 Å². The maximum absolute atomic E-state index is 12.5. The number of rotatable bonds is 6. The molecule has 0 aliphatic heterocycles. The van der Waals surface area contributed by atoms with E-state index in [-0.39, 0.29) is 4.90 Å². The molecule has 28 heavy (non-hydrogen) atoms. The fourth-order valence-corrected chi connectivity index (χ4v) is 4.38. The molecule has 2 aromatic heterocycles. The van der Waals surface area contributed by atoms with Gasteiger partial charge in [0, 0.05) is 16.1 Å². The predicted octanol–water partition coefficient (Wildman–Crippen LogP) is 4.50. The van der Waals surface area contributed by atoms with E-state index in [1.54, 1.807) is 59.9 Å². The molecule has 0 bridgehead atoms. The lowest BCUT2D eigenvalue weighted by Gasteiger charge is -2.08. The molecule has 0 amide bonds. The van der Waals surface area contributed by atoms with Crippen LogP contribution in [0.5, 0.6) is 0 Å². The molecule has 6 nitrogen and oxygen atoms in total. The van der Waals surface area contributed by atoms with Crippen molar-refractivity contribution in [2.24, 2.45) is 0 Å². The van der Waals surface area contributed by atoms with E-state index in [9.17, 15) is 8.42 Å². The van der Waals surface area contributed by atoms with Crippen molar-refractivity contribution in [3.8, 4) is 11.4 Å². The number of hydrogen-bond donors (Lipinski definition) is 1. The maximum Gasteiger partial charge on any atom is 0.261 e. The van der Waals surface area contributed by atoms with Crippen LogP contribution in [0.2, 0.25) is 0 Å². The molecule has 0 spiro atoms. The van der Waals surface area contributed by atoms with Crippen LogP contribution in [0.15, 0.2) is 75.5 Å². The van der Waals surface area contributed by atoms with Crippen molar-refractivity contribution < 1.29 is 12.9 Å². The van der Waals surface area contributed by atoms with Crippen LogP contribution in [0.4, 0.5) is 5.69 Å². The Bertz CT molecular complexity index is 1160. The Morgan fingerprint density at radius 2 is 1.79 bits per heavy atom. The number of thiophene rings is 1. The summed E-state index contributed by atoms with van der Waals surface area (Å²) in [4.78, 5) is 5.78. The van der Waals surface area contributed by atoms with Crippen LogP contribution >= 0.6 is 11.3 Å². The third kappa shape index (κ3) is 4.13. The van der Waals surface area contributed by atoms with Gasteiger partial charge >= 0.3 is 0 Å². The Balaban J connectivity index is 1.48. The Kier molecular flexibility index (Phi) is 4.97. The zero-order valence-electron chi connectivity index (χ0n) is 15.0. The van der Waals surface area contributed by atoms with Gasteiger partial charge in [-0.05, 0) is 54.8 Å². The summed E-state index contributed by atoms with van der Waals surface area (Å²) in [5, 5.41) is 6.01. The van der Waals surface area contributed by atoms with Crippen molar-refractivity contribution >= 4 is 27.0 Å². The molecule has 1 N–H and O–H groups in total. The standard InChI is InChI=1S/C20H17N3O3S2/c1-14-4-10-18(11-5-14)28(24,25)23-16-8-6-15(7-9-16)20-21-19(26-22-20)13-17-3-2-12-27-17/h2-12,23H,13H2,1H3. The van der Waals surface area contributed by atoms with E-state index in [0.29, 0.717) is 23.8 Å². The molecule has 0 saturated heterocycles. The Morgan fingerprint density at radius 1 is 1.04 bits per heavy atom. The monoisotopic (exact) mass is 411 g/mol. The van der Waals surface area contributed by atoms with Gasteiger partial charge in [0.1, 0.15) is 0 Å². The topological polar surface area (TPSA) is 85.1 Å². The summed E-state index contributed by atoms with van der Waals surface area (Å²) in [6.07, 6.45) is 0.596. The summed E-state index contributed by atoms with van der Waals surface area (Å²) in [5.74, 6) is 1.01. The molecule has 0 saturated carbocycles. The second-order valence-corrected chi connectivity index (χ2v) is 8.98. The fourth-order valence-electron chi connectivity index (χ4n) is 2.62. The van der Waals surface area contributed by atoms with E-state index in [2.05, 4.69) is 14.9 Å². The smallest absolute Gasteiger partial charge is 0.261 e. The normalized spacial score (nSPS) is 11.5. The van der Waals surface area contributed by atoms with Crippen molar-refractivity contribution in [2.45, 2.75) is 18.2 Å². The van der Waals surface area contributed by atoms with Gasteiger partial charge in [0.25, 0.3) is 10.0 Å². The molecule has 0 aliphatic rings. The number of nitrogens with one attached hydrogen (secondary N) is 1. The first-order valence-corrected chi connectivity index (χ1v) is 10.9. The van der Waals surface area contributed by atoms with Gasteiger partial charge < -0.3 is 4.52 Å². The summed E-state index contributed by atoms with van der Waals surface area (Å²) in [5.41, 5.74) is 2.22. The molecule has 0 atom stereocenters. The average Bonchev–Trinajstić information content (AvgIpc) is 3.35. The average molecular weight is 412 g/mol. The molecule has 4 rings (SSSR count). The fraction of sp³-hybridized carbons (Fsp3) is 0.100. The lowest BCUT2D eigenvalue weighted by Crippen LogP contribution is -2.12. The summed E-state index contributed by atoms with van der Waals surface area (Å²) < 4.78 is 32.8. The molecule has 4 aromatic rings. The van der Waals surface area contributed by atoms with Crippen LogP contribution in [0.1, 0.15) is 16.3 Å². The first-order chi connectivity index (χ1) is 13.5. The number of aryl methyl sites for hydroxylation is 1. The third-order valence-electron chi connectivity index (χ3n) is 4.10. The molecule has 0 fully saturated rings. The highest BCUT2D eigenvalue weighted by Gasteiger charge is 2.14. The minimum absolute atomic E-state index is 0.221. The molecule has 8 heteroatoms. The quantitative estimate of drug-likeness (QED) is 0.505. The largest absolute Gasteiger partial charge is 0.339 e. The zero-order chi connectivity index (χ0) is 19.6. The summed E-state index contributed by atoms with van der Waals surface area (Å²) in [6, 6.07) is 17.6. The molecule has 142 valence electrons. The van der Waals surface area contributed by atoms with Crippen LogP contribution in [0.25, 0.3) is 11.4 Å². The first kappa shape index (κ1) is 18.4.